The molecule has 7 aromatic rings. The summed E-state index contributed by atoms with van der Waals surface area (Å²) in [6.45, 7) is 0. The zero-order chi connectivity index (χ0) is 22.9. The zero-order valence-corrected chi connectivity index (χ0v) is 19.8. The van der Waals surface area contributed by atoms with E-state index < -0.39 is 0 Å². The van der Waals surface area contributed by atoms with E-state index >= 15 is 0 Å². The van der Waals surface area contributed by atoms with Gasteiger partial charge in [-0.2, -0.15) is 0 Å². The summed E-state index contributed by atoms with van der Waals surface area (Å²) in [4.78, 5) is 0. The lowest BCUT2D eigenvalue weighted by molar-refractivity contribution is 1.63. The van der Waals surface area contributed by atoms with Crippen LogP contribution in [0.25, 0.3) is 75.5 Å². The van der Waals surface area contributed by atoms with Crippen molar-refractivity contribution in [3.63, 3.8) is 0 Å². The van der Waals surface area contributed by atoms with Gasteiger partial charge < -0.3 is 0 Å². The second-order valence-electron chi connectivity index (χ2n) is 9.33. The molecule has 0 saturated carbocycles. The fourth-order valence-corrected chi connectivity index (χ4v) is 7.04. The van der Waals surface area contributed by atoms with E-state index in [0.717, 1.165) is 0 Å². The molecule has 6 aromatic carbocycles. The monoisotopic (exact) mass is 460 g/mol. The van der Waals surface area contributed by atoms with E-state index in [2.05, 4.69) is 121 Å². The summed E-state index contributed by atoms with van der Waals surface area (Å²) in [6, 6.07) is 44.7. The fraction of sp³-hybridized carbons (Fsp3) is 0. The van der Waals surface area contributed by atoms with Gasteiger partial charge >= 0.3 is 0 Å². The van der Waals surface area contributed by atoms with Crippen LogP contribution in [0.1, 0.15) is 0 Å². The molecule has 0 amide bonds. The van der Waals surface area contributed by atoms with E-state index in [9.17, 15) is 0 Å². The molecule has 1 aliphatic rings. The Morgan fingerprint density at radius 1 is 0.400 bits per heavy atom. The maximum absolute atomic E-state index is 2.37. The number of benzene rings is 6. The van der Waals surface area contributed by atoms with Crippen LogP contribution < -0.4 is 0 Å². The van der Waals surface area contributed by atoms with Gasteiger partial charge in [-0.25, -0.2) is 0 Å². The topological polar surface area (TPSA) is 0 Å². The Hall–Kier alpha value is -4.20. The quantitative estimate of drug-likeness (QED) is 0.241. The van der Waals surface area contributed by atoms with Crippen LogP contribution in [-0.2, 0) is 0 Å². The molecular formula is C34H20S. The molecule has 0 aliphatic heterocycles. The maximum Gasteiger partial charge on any atom is 0.0433 e. The Labute approximate surface area is 207 Å². The van der Waals surface area contributed by atoms with Crippen molar-refractivity contribution in [3.8, 4) is 44.5 Å². The first-order valence-corrected chi connectivity index (χ1v) is 12.8. The van der Waals surface area contributed by atoms with Crippen molar-refractivity contribution in [2.24, 2.45) is 0 Å². The molecule has 8 rings (SSSR count). The van der Waals surface area contributed by atoms with E-state index in [4.69, 9.17) is 0 Å². The van der Waals surface area contributed by atoms with Crippen LogP contribution in [0.2, 0.25) is 0 Å². The molecule has 0 unspecified atom stereocenters. The number of thiophene rings is 1. The van der Waals surface area contributed by atoms with E-state index in [-0.39, 0.29) is 0 Å². The van der Waals surface area contributed by atoms with Gasteiger partial charge in [0.05, 0.1) is 0 Å². The van der Waals surface area contributed by atoms with Crippen LogP contribution in [0, 0.1) is 0 Å². The predicted molar refractivity (Wildman–Crippen MR) is 152 cm³/mol. The van der Waals surface area contributed by atoms with Crippen LogP contribution in [0.15, 0.2) is 121 Å². The molecule has 0 nitrogen and oxygen atoms in total. The summed E-state index contributed by atoms with van der Waals surface area (Å²) >= 11 is 1.89. The van der Waals surface area contributed by atoms with Gasteiger partial charge in [0.25, 0.3) is 0 Å². The highest BCUT2D eigenvalue weighted by Crippen LogP contribution is 2.48. The smallest absolute Gasteiger partial charge is 0.0433 e. The van der Waals surface area contributed by atoms with Gasteiger partial charge in [0, 0.05) is 20.2 Å². The predicted octanol–water partition coefficient (Wildman–Crippen LogP) is 10.2. The van der Waals surface area contributed by atoms with Crippen LogP contribution in [0.3, 0.4) is 0 Å². The van der Waals surface area contributed by atoms with Gasteiger partial charge in [-0.3, -0.25) is 0 Å². The Kier molecular flexibility index (Phi) is 3.91. The molecule has 1 heteroatoms. The van der Waals surface area contributed by atoms with Gasteiger partial charge in [0.15, 0.2) is 0 Å². The largest absolute Gasteiger partial charge is 0.135 e. The highest BCUT2D eigenvalue weighted by atomic mass is 32.1. The Morgan fingerprint density at radius 2 is 1.06 bits per heavy atom. The van der Waals surface area contributed by atoms with Crippen LogP contribution in [0.4, 0.5) is 0 Å². The third kappa shape index (κ3) is 2.73. The molecule has 1 aliphatic carbocycles. The third-order valence-corrected chi connectivity index (χ3v) is 8.64. The standard InChI is InChI=1S/C34H20S/c1-2-9-27-26(8-1)29-12-5-7-23-19-24(20-31(27)33(23)29)21-15-17-22(18-16-21)25-11-6-13-30-28-10-3-4-14-32(28)35-34(25)30/h1-20H. The van der Waals surface area contributed by atoms with Gasteiger partial charge in [0.2, 0.25) is 0 Å². The minimum Gasteiger partial charge on any atom is -0.135 e. The second kappa shape index (κ2) is 7.15. The first kappa shape index (κ1) is 19.1. The molecule has 0 N–H and O–H groups in total. The molecule has 1 heterocycles. The van der Waals surface area contributed by atoms with Crippen molar-refractivity contribution in [2.75, 3.05) is 0 Å². The van der Waals surface area contributed by atoms with Crippen LogP contribution in [0.5, 0.6) is 0 Å². The van der Waals surface area contributed by atoms with Crippen molar-refractivity contribution in [3.05, 3.63) is 121 Å². The molecule has 162 valence electrons. The van der Waals surface area contributed by atoms with Gasteiger partial charge in [-0.15, -0.1) is 11.3 Å². The lowest BCUT2D eigenvalue weighted by atomic mass is 9.94. The Balaban J connectivity index is 1.27. The summed E-state index contributed by atoms with van der Waals surface area (Å²) in [5, 5.41) is 5.38. The molecule has 1 aromatic heterocycles. The molecular weight excluding hydrogens is 440 g/mol. The first-order chi connectivity index (χ1) is 17.3. The van der Waals surface area contributed by atoms with Crippen molar-refractivity contribution < 1.29 is 0 Å². The number of rotatable bonds is 2. The summed E-state index contributed by atoms with van der Waals surface area (Å²) in [7, 11) is 0. The van der Waals surface area contributed by atoms with E-state index in [1.54, 1.807) is 0 Å². The van der Waals surface area contributed by atoms with Crippen molar-refractivity contribution in [1.82, 2.24) is 0 Å². The maximum atomic E-state index is 2.37. The normalized spacial score (nSPS) is 12.0. The lowest BCUT2D eigenvalue weighted by Crippen LogP contribution is -1.83. The average molecular weight is 461 g/mol. The van der Waals surface area contributed by atoms with Crippen LogP contribution >= 0.6 is 11.3 Å². The number of hydrogen-bond acceptors (Lipinski definition) is 1. The molecule has 0 radical (unpaired) electrons. The third-order valence-electron chi connectivity index (χ3n) is 7.42. The van der Waals surface area contributed by atoms with Crippen LogP contribution in [-0.4, -0.2) is 0 Å². The fourth-order valence-electron chi connectivity index (χ4n) is 5.80. The summed E-state index contributed by atoms with van der Waals surface area (Å²) in [5.41, 5.74) is 10.5. The Morgan fingerprint density at radius 3 is 1.94 bits per heavy atom. The highest BCUT2D eigenvalue weighted by Gasteiger charge is 2.21. The molecule has 0 saturated heterocycles. The SMILES string of the molecule is c1ccc2c(c1)-c1cccc3cc(-c4ccc(-c5cccc6c5sc5ccccc56)cc4)cc-2c13. The first-order valence-electron chi connectivity index (χ1n) is 12.0. The molecule has 0 fully saturated rings. The summed E-state index contributed by atoms with van der Waals surface area (Å²) in [5.74, 6) is 0. The zero-order valence-electron chi connectivity index (χ0n) is 19.0. The molecule has 0 spiro atoms. The minimum atomic E-state index is 1.25. The highest BCUT2D eigenvalue weighted by molar-refractivity contribution is 7.26. The van der Waals surface area contributed by atoms with E-state index in [1.807, 2.05) is 11.3 Å². The van der Waals surface area contributed by atoms with Gasteiger partial charge in [-0.1, -0.05) is 103 Å². The van der Waals surface area contributed by atoms with Gasteiger partial charge in [0.1, 0.15) is 0 Å². The van der Waals surface area contributed by atoms with E-state index in [0.29, 0.717) is 0 Å². The van der Waals surface area contributed by atoms with Crippen molar-refractivity contribution >= 4 is 42.3 Å². The van der Waals surface area contributed by atoms with Gasteiger partial charge in [-0.05, 0) is 73.5 Å². The summed E-state index contributed by atoms with van der Waals surface area (Å²) < 4.78 is 2.71. The average Bonchev–Trinajstić information content (AvgIpc) is 3.46. The second-order valence-corrected chi connectivity index (χ2v) is 10.4. The number of fused-ring (bicyclic) bond motifs is 6. The molecule has 0 atom stereocenters. The van der Waals surface area contributed by atoms with Crippen molar-refractivity contribution in [2.45, 2.75) is 0 Å². The summed E-state index contributed by atoms with van der Waals surface area (Å²) in [6.07, 6.45) is 0. The molecule has 35 heavy (non-hydrogen) atoms. The number of hydrogen-bond donors (Lipinski definition) is 0. The lowest BCUT2D eigenvalue weighted by Gasteiger charge is -2.10. The van der Waals surface area contributed by atoms with E-state index in [1.165, 1.54) is 75.5 Å². The Bertz CT molecular complexity index is 1940. The van der Waals surface area contributed by atoms with Crippen molar-refractivity contribution in [1.29, 1.82) is 0 Å². The molecule has 0 bridgehead atoms. The minimum absolute atomic E-state index is 1.25.